The van der Waals surface area contributed by atoms with E-state index >= 15 is 0 Å². The van der Waals surface area contributed by atoms with E-state index < -0.39 is 6.09 Å². The standard InChI is InChI=1S/C12H25NO3/c1-11(2)7-5-3-4-6-8-13-12(15)16-10-9-14/h11,14H,3-10H2,1-2H3,(H,13,15). The van der Waals surface area contributed by atoms with Crippen LogP contribution in [0.25, 0.3) is 0 Å². The maximum Gasteiger partial charge on any atom is 0.407 e. The largest absolute Gasteiger partial charge is 0.447 e. The van der Waals surface area contributed by atoms with Crippen molar-refractivity contribution >= 4 is 6.09 Å². The molecule has 0 spiro atoms. The van der Waals surface area contributed by atoms with E-state index in [0.717, 1.165) is 18.8 Å². The van der Waals surface area contributed by atoms with Crippen LogP contribution in [-0.2, 0) is 4.74 Å². The summed E-state index contributed by atoms with van der Waals surface area (Å²) in [5, 5.41) is 11.1. The lowest BCUT2D eigenvalue weighted by atomic mass is 10.0. The summed E-state index contributed by atoms with van der Waals surface area (Å²) in [5.41, 5.74) is 0. The van der Waals surface area contributed by atoms with Gasteiger partial charge in [0.05, 0.1) is 6.61 Å². The zero-order valence-corrected chi connectivity index (χ0v) is 10.5. The summed E-state index contributed by atoms with van der Waals surface area (Å²) in [4.78, 5) is 10.9. The van der Waals surface area contributed by atoms with Gasteiger partial charge in [-0.15, -0.1) is 0 Å². The molecule has 96 valence electrons. The zero-order chi connectivity index (χ0) is 12.2. The molecule has 0 saturated carbocycles. The molecule has 0 atom stereocenters. The van der Waals surface area contributed by atoms with Crippen molar-refractivity contribution in [1.29, 1.82) is 0 Å². The SMILES string of the molecule is CC(C)CCCCCCNC(=O)OCCO. The highest BCUT2D eigenvalue weighted by Gasteiger charge is 1.99. The highest BCUT2D eigenvalue weighted by molar-refractivity contribution is 5.66. The summed E-state index contributed by atoms with van der Waals surface area (Å²) < 4.78 is 4.65. The summed E-state index contributed by atoms with van der Waals surface area (Å²) in [6, 6.07) is 0. The number of nitrogens with one attached hydrogen (secondary N) is 1. The molecule has 0 bridgehead atoms. The lowest BCUT2D eigenvalue weighted by Crippen LogP contribution is -2.26. The van der Waals surface area contributed by atoms with Gasteiger partial charge in [0.1, 0.15) is 6.61 Å². The first-order valence-electron chi connectivity index (χ1n) is 6.18. The number of aliphatic hydroxyl groups excluding tert-OH is 1. The second kappa shape index (κ2) is 10.7. The lowest BCUT2D eigenvalue weighted by Gasteiger charge is -2.06. The number of carbonyl (C=O) groups excluding carboxylic acids is 1. The molecule has 0 aromatic heterocycles. The summed E-state index contributed by atoms with van der Waals surface area (Å²) >= 11 is 0. The first-order chi connectivity index (χ1) is 7.66. The molecule has 1 amide bonds. The first kappa shape index (κ1) is 15.2. The average molecular weight is 231 g/mol. The smallest absolute Gasteiger partial charge is 0.407 e. The van der Waals surface area contributed by atoms with Crippen LogP contribution in [0.2, 0.25) is 0 Å². The van der Waals surface area contributed by atoms with Crippen molar-refractivity contribution in [2.45, 2.75) is 46.0 Å². The minimum absolute atomic E-state index is 0.0697. The van der Waals surface area contributed by atoms with Gasteiger partial charge in [-0.05, 0) is 12.3 Å². The van der Waals surface area contributed by atoms with E-state index in [1.807, 2.05) is 0 Å². The normalized spacial score (nSPS) is 10.5. The Bertz CT molecular complexity index is 172. The van der Waals surface area contributed by atoms with Crippen molar-refractivity contribution in [3.63, 3.8) is 0 Å². The van der Waals surface area contributed by atoms with Crippen LogP contribution >= 0.6 is 0 Å². The molecule has 0 radical (unpaired) electrons. The Kier molecular flexibility index (Phi) is 10.2. The maximum atomic E-state index is 10.9. The number of carbonyl (C=O) groups is 1. The molecule has 0 aromatic rings. The predicted molar refractivity (Wildman–Crippen MR) is 64.4 cm³/mol. The molecule has 16 heavy (non-hydrogen) atoms. The summed E-state index contributed by atoms with van der Waals surface area (Å²) in [6.45, 7) is 5.08. The molecule has 0 unspecified atom stereocenters. The van der Waals surface area contributed by atoms with Crippen LogP contribution in [0.1, 0.15) is 46.0 Å². The lowest BCUT2D eigenvalue weighted by molar-refractivity contribution is 0.119. The Morgan fingerprint density at radius 1 is 1.25 bits per heavy atom. The fourth-order valence-electron chi connectivity index (χ4n) is 1.41. The Labute approximate surface area is 98.4 Å². The zero-order valence-electron chi connectivity index (χ0n) is 10.5. The van der Waals surface area contributed by atoms with Crippen molar-refractivity contribution in [3.8, 4) is 0 Å². The number of unbranched alkanes of at least 4 members (excludes halogenated alkanes) is 3. The fourth-order valence-corrected chi connectivity index (χ4v) is 1.41. The highest BCUT2D eigenvalue weighted by atomic mass is 16.6. The monoisotopic (exact) mass is 231 g/mol. The van der Waals surface area contributed by atoms with E-state index in [-0.39, 0.29) is 13.2 Å². The number of ether oxygens (including phenoxy) is 1. The summed E-state index contributed by atoms with van der Waals surface area (Å²) in [7, 11) is 0. The summed E-state index contributed by atoms with van der Waals surface area (Å²) in [6.07, 6.45) is 5.49. The average Bonchev–Trinajstić information content (AvgIpc) is 2.24. The minimum Gasteiger partial charge on any atom is -0.447 e. The Balaban J connectivity index is 3.11. The number of amides is 1. The Hall–Kier alpha value is -0.770. The topological polar surface area (TPSA) is 58.6 Å². The van der Waals surface area contributed by atoms with Gasteiger partial charge in [0.2, 0.25) is 0 Å². The van der Waals surface area contributed by atoms with Gasteiger partial charge in [-0.25, -0.2) is 4.79 Å². The molecule has 0 saturated heterocycles. The molecule has 2 N–H and O–H groups in total. The van der Waals surface area contributed by atoms with E-state index in [4.69, 9.17) is 5.11 Å². The molecule has 0 aliphatic carbocycles. The summed E-state index contributed by atoms with van der Waals surface area (Å²) in [5.74, 6) is 0.784. The van der Waals surface area contributed by atoms with Gasteiger partial charge in [-0.2, -0.15) is 0 Å². The van der Waals surface area contributed by atoms with E-state index in [1.165, 1.54) is 19.3 Å². The van der Waals surface area contributed by atoms with Crippen LogP contribution in [0.15, 0.2) is 0 Å². The third-order valence-corrected chi connectivity index (χ3v) is 2.30. The van der Waals surface area contributed by atoms with Gasteiger partial charge >= 0.3 is 6.09 Å². The maximum absolute atomic E-state index is 10.9. The van der Waals surface area contributed by atoms with Crippen molar-refractivity contribution in [2.24, 2.45) is 5.92 Å². The molecule has 0 fully saturated rings. The number of alkyl carbamates (subject to hydrolysis) is 1. The van der Waals surface area contributed by atoms with Crippen LogP contribution in [0.4, 0.5) is 4.79 Å². The van der Waals surface area contributed by atoms with Gasteiger partial charge in [0.15, 0.2) is 0 Å². The molecule has 4 heteroatoms. The third-order valence-electron chi connectivity index (χ3n) is 2.30. The number of hydrogen-bond acceptors (Lipinski definition) is 3. The van der Waals surface area contributed by atoms with Crippen LogP contribution in [-0.4, -0.2) is 31.0 Å². The second-order valence-corrected chi connectivity index (χ2v) is 4.38. The van der Waals surface area contributed by atoms with Crippen LogP contribution in [0.3, 0.4) is 0 Å². The first-order valence-corrected chi connectivity index (χ1v) is 6.18. The Morgan fingerprint density at radius 2 is 1.94 bits per heavy atom. The van der Waals surface area contributed by atoms with Crippen molar-refractivity contribution < 1.29 is 14.6 Å². The fraction of sp³-hybridized carbons (Fsp3) is 0.917. The van der Waals surface area contributed by atoms with Gasteiger partial charge < -0.3 is 15.2 Å². The minimum atomic E-state index is -0.434. The molecule has 0 rings (SSSR count). The van der Waals surface area contributed by atoms with Gasteiger partial charge in [-0.1, -0.05) is 39.5 Å². The highest BCUT2D eigenvalue weighted by Crippen LogP contribution is 2.08. The van der Waals surface area contributed by atoms with Crippen LogP contribution in [0.5, 0.6) is 0 Å². The van der Waals surface area contributed by atoms with Gasteiger partial charge in [0.25, 0.3) is 0 Å². The number of aliphatic hydroxyl groups is 1. The molecular weight excluding hydrogens is 206 g/mol. The predicted octanol–water partition coefficient (Wildman–Crippen LogP) is 2.31. The molecular formula is C12H25NO3. The number of hydrogen-bond donors (Lipinski definition) is 2. The van der Waals surface area contributed by atoms with E-state index in [1.54, 1.807) is 0 Å². The molecule has 4 nitrogen and oxygen atoms in total. The van der Waals surface area contributed by atoms with Gasteiger partial charge in [0, 0.05) is 6.54 Å². The Morgan fingerprint density at radius 3 is 2.56 bits per heavy atom. The second-order valence-electron chi connectivity index (χ2n) is 4.38. The van der Waals surface area contributed by atoms with Crippen molar-refractivity contribution in [2.75, 3.05) is 19.8 Å². The molecule has 0 aromatic carbocycles. The number of rotatable bonds is 9. The van der Waals surface area contributed by atoms with E-state index in [2.05, 4.69) is 23.9 Å². The molecule has 0 aliphatic heterocycles. The molecule has 0 heterocycles. The van der Waals surface area contributed by atoms with Crippen molar-refractivity contribution in [1.82, 2.24) is 5.32 Å². The van der Waals surface area contributed by atoms with Gasteiger partial charge in [-0.3, -0.25) is 0 Å². The van der Waals surface area contributed by atoms with E-state index in [0.29, 0.717) is 6.54 Å². The van der Waals surface area contributed by atoms with E-state index in [9.17, 15) is 4.79 Å². The van der Waals surface area contributed by atoms with Crippen LogP contribution < -0.4 is 5.32 Å². The molecule has 0 aliphatic rings. The van der Waals surface area contributed by atoms with Crippen LogP contribution in [0, 0.1) is 5.92 Å². The quantitative estimate of drug-likeness (QED) is 0.599. The third kappa shape index (κ3) is 11.3. The van der Waals surface area contributed by atoms with Crippen molar-refractivity contribution in [3.05, 3.63) is 0 Å².